The molecule has 2 aromatic heterocycles. The van der Waals surface area contributed by atoms with E-state index in [1.165, 1.54) is 4.90 Å². The van der Waals surface area contributed by atoms with Crippen LogP contribution in [0.15, 0.2) is 36.5 Å². The first-order valence-electron chi connectivity index (χ1n) is 8.56. The van der Waals surface area contributed by atoms with Crippen molar-refractivity contribution in [2.75, 3.05) is 23.3 Å². The minimum atomic E-state index is -0.336. The fourth-order valence-corrected chi connectivity index (χ4v) is 3.31. The van der Waals surface area contributed by atoms with Crippen LogP contribution in [0.25, 0.3) is 11.2 Å². The maximum Gasteiger partial charge on any atom is 0.322 e. The number of fused-ring (bicyclic) bond motifs is 1. The maximum absolute atomic E-state index is 12.8. The fourth-order valence-electron chi connectivity index (χ4n) is 3.09. The van der Waals surface area contributed by atoms with Gasteiger partial charge in [0.1, 0.15) is 5.52 Å². The second kappa shape index (κ2) is 6.88. The van der Waals surface area contributed by atoms with E-state index >= 15 is 0 Å². The van der Waals surface area contributed by atoms with Gasteiger partial charge in [0, 0.05) is 31.4 Å². The van der Waals surface area contributed by atoms with Crippen LogP contribution in [0.3, 0.4) is 0 Å². The average Bonchev–Trinajstić information content (AvgIpc) is 3.24. The third-order valence-electron chi connectivity index (χ3n) is 4.40. The van der Waals surface area contributed by atoms with Gasteiger partial charge in [-0.05, 0) is 37.3 Å². The molecule has 138 valence electrons. The number of nitrogens with one attached hydrogen (secondary N) is 2. The molecule has 0 aliphatic carbocycles. The maximum atomic E-state index is 12.8. The number of halogens is 1. The van der Waals surface area contributed by atoms with E-state index in [2.05, 4.69) is 20.6 Å². The van der Waals surface area contributed by atoms with Crippen LogP contribution in [0.4, 0.5) is 16.4 Å². The van der Waals surface area contributed by atoms with Crippen molar-refractivity contribution in [1.29, 1.82) is 0 Å². The molecule has 3 aromatic rings. The Morgan fingerprint density at radius 1 is 1.37 bits per heavy atom. The van der Waals surface area contributed by atoms with Gasteiger partial charge in [-0.25, -0.2) is 14.8 Å². The van der Waals surface area contributed by atoms with Gasteiger partial charge in [0.15, 0.2) is 5.65 Å². The first kappa shape index (κ1) is 17.3. The molecule has 0 saturated carbocycles. The molecular formula is C18H17ClN6O2. The van der Waals surface area contributed by atoms with Gasteiger partial charge < -0.3 is 5.32 Å². The highest BCUT2D eigenvalue weighted by Gasteiger charge is 2.24. The standard InChI is InChI=1S/C18H17ClN6O2/c1-2-24-15-13(4-3-7-20-15)22-17(24)23-16(26)11-5-6-12(19)14(10-11)25-9-8-21-18(25)27/h3-7,10H,2,8-9H2,1H3,(H,21,27)(H,22,23,26). The number of pyridine rings is 1. The van der Waals surface area contributed by atoms with E-state index in [0.29, 0.717) is 53.0 Å². The predicted octanol–water partition coefficient (Wildman–Crippen LogP) is 2.89. The molecule has 3 amide bonds. The highest BCUT2D eigenvalue weighted by molar-refractivity contribution is 6.34. The SMILES string of the molecule is CCn1c(NC(=O)c2ccc(Cl)c(N3CCNC3=O)c2)nc2cccnc21. The average molecular weight is 385 g/mol. The number of anilines is 2. The molecule has 1 aliphatic rings. The van der Waals surface area contributed by atoms with Crippen LogP contribution in [-0.4, -0.2) is 39.6 Å². The van der Waals surface area contributed by atoms with E-state index in [0.717, 1.165) is 0 Å². The van der Waals surface area contributed by atoms with Gasteiger partial charge in [0.25, 0.3) is 5.91 Å². The quantitative estimate of drug-likeness (QED) is 0.723. The number of amides is 3. The largest absolute Gasteiger partial charge is 0.336 e. The molecule has 9 heteroatoms. The van der Waals surface area contributed by atoms with Crippen LogP contribution >= 0.6 is 11.6 Å². The van der Waals surface area contributed by atoms with Crippen molar-refractivity contribution in [1.82, 2.24) is 19.9 Å². The lowest BCUT2D eigenvalue weighted by Gasteiger charge is -2.17. The number of hydrogen-bond acceptors (Lipinski definition) is 4. The molecule has 0 radical (unpaired) electrons. The zero-order valence-corrected chi connectivity index (χ0v) is 15.3. The Morgan fingerprint density at radius 2 is 2.22 bits per heavy atom. The van der Waals surface area contributed by atoms with Crippen LogP contribution in [0, 0.1) is 0 Å². The van der Waals surface area contributed by atoms with Gasteiger partial charge in [-0.2, -0.15) is 0 Å². The lowest BCUT2D eigenvalue weighted by atomic mass is 10.1. The molecule has 0 spiro atoms. The third kappa shape index (κ3) is 3.08. The van der Waals surface area contributed by atoms with Crippen LogP contribution in [-0.2, 0) is 6.54 Å². The molecule has 1 fully saturated rings. The van der Waals surface area contributed by atoms with Crippen molar-refractivity contribution in [2.24, 2.45) is 0 Å². The molecule has 27 heavy (non-hydrogen) atoms. The van der Waals surface area contributed by atoms with Crippen LogP contribution in [0.1, 0.15) is 17.3 Å². The monoisotopic (exact) mass is 384 g/mol. The Balaban J connectivity index is 1.65. The second-order valence-electron chi connectivity index (χ2n) is 6.03. The normalized spacial score (nSPS) is 13.9. The second-order valence-corrected chi connectivity index (χ2v) is 6.44. The first-order valence-corrected chi connectivity index (χ1v) is 8.94. The van der Waals surface area contributed by atoms with E-state index in [-0.39, 0.29) is 11.9 Å². The molecule has 0 bridgehead atoms. The minimum absolute atomic E-state index is 0.228. The van der Waals surface area contributed by atoms with Crippen molar-refractivity contribution >= 4 is 46.3 Å². The lowest BCUT2D eigenvalue weighted by molar-refractivity contribution is 0.102. The summed E-state index contributed by atoms with van der Waals surface area (Å²) in [5, 5.41) is 5.96. The molecular weight excluding hydrogens is 368 g/mol. The van der Waals surface area contributed by atoms with E-state index < -0.39 is 0 Å². The minimum Gasteiger partial charge on any atom is -0.336 e. The predicted molar refractivity (Wildman–Crippen MR) is 103 cm³/mol. The number of carbonyl (C=O) groups is 2. The van der Waals surface area contributed by atoms with Crippen molar-refractivity contribution in [2.45, 2.75) is 13.5 Å². The molecule has 3 heterocycles. The van der Waals surface area contributed by atoms with Gasteiger partial charge in [-0.1, -0.05) is 11.6 Å². The Bertz CT molecular complexity index is 1050. The summed E-state index contributed by atoms with van der Waals surface area (Å²) in [6.45, 7) is 3.61. The van der Waals surface area contributed by atoms with Gasteiger partial charge in [0.2, 0.25) is 5.95 Å². The van der Waals surface area contributed by atoms with E-state index in [1.807, 2.05) is 17.6 Å². The number of hydrogen-bond donors (Lipinski definition) is 2. The molecule has 8 nitrogen and oxygen atoms in total. The van der Waals surface area contributed by atoms with Crippen LogP contribution in [0.2, 0.25) is 5.02 Å². The molecule has 1 aliphatic heterocycles. The number of imidazole rings is 1. The number of aromatic nitrogens is 3. The molecule has 1 saturated heterocycles. The topological polar surface area (TPSA) is 92.2 Å². The van der Waals surface area contributed by atoms with E-state index in [4.69, 9.17) is 11.6 Å². The van der Waals surface area contributed by atoms with Crippen molar-refractivity contribution in [3.63, 3.8) is 0 Å². The highest BCUT2D eigenvalue weighted by atomic mass is 35.5. The lowest BCUT2D eigenvalue weighted by Crippen LogP contribution is -2.28. The van der Waals surface area contributed by atoms with Crippen molar-refractivity contribution in [3.8, 4) is 0 Å². The van der Waals surface area contributed by atoms with Crippen LogP contribution in [0.5, 0.6) is 0 Å². The summed E-state index contributed by atoms with van der Waals surface area (Å²) >= 11 is 6.23. The smallest absolute Gasteiger partial charge is 0.322 e. The molecule has 0 unspecified atom stereocenters. The molecule has 1 aromatic carbocycles. The summed E-state index contributed by atoms with van der Waals surface area (Å²) in [4.78, 5) is 35.0. The van der Waals surface area contributed by atoms with E-state index in [9.17, 15) is 9.59 Å². The fraction of sp³-hybridized carbons (Fsp3) is 0.222. The number of rotatable bonds is 4. The van der Waals surface area contributed by atoms with Gasteiger partial charge in [0.05, 0.1) is 10.7 Å². The number of carbonyl (C=O) groups excluding carboxylic acids is 2. The highest BCUT2D eigenvalue weighted by Crippen LogP contribution is 2.28. The van der Waals surface area contributed by atoms with Crippen LogP contribution < -0.4 is 15.5 Å². The zero-order chi connectivity index (χ0) is 19.0. The van der Waals surface area contributed by atoms with E-state index in [1.54, 1.807) is 30.5 Å². The Kier molecular flexibility index (Phi) is 4.41. The zero-order valence-electron chi connectivity index (χ0n) is 14.6. The first-order chi connectivity index (χ1) is 13.1. The number of urea groups is 1. The molecule has 2 N–H and O–H groups in total. The summed E-state index contributed by atoms with van der Waals surface area (Å²) in [5.74, 6) is 0.0872. The van der Waals surface area contributed by atoms with Crippen molar-refractivity contribution in [3.05, 3.63) is 47.1 Å². The van der Waals surface area contributed by atoms with Gasteiger partial charge in [-0.3, -0.25) is 19.6 Å². The summed E-state index contributed by atoms with van der Waals surface area (Å²) < 4.78 is 1.83. The summed E-state index contributed by atoms with van der Waals surface area (Å²) in [6.07, 6.45) is 1.69. The summed E-state index contributed by atoms with van der Waals surface area (Å²) in [7, 11) is 0. The van der Waals surface area contributed by atoms with Crippen molar-refractivity contribution < 1.29 is 9.59 Å². The number of nitrogens with zero attached hydrogens (tertiary/aromatic N) is 4. The van der Waals surface area contributed by atoms with Gasteiger partial charge in [-0.15, -0.1) is 0 Å². The molecule has 4 rings (SSSR count). The number of aryl methyl sites for hydroxylation is 1. The Hall–Kier alpha value is -3.13. The van der Waals surface area contributed by atoms with Gasteiger partial charge >= 0.3 is 6.03 Å². The summed E-state index contributed by atoms with van der Waals surface area (Å²) in [6, 6.07) is 8.26. The summed E-state index contributed by atoms with van der Waals surface area (Å²) in [5.41, 5.74) is 2.31. The Labute approximate surface area is 160 Å². The molecule has 0 atom stereocenters. The number of benzene rings is 1. The Morgan fingerprint density at radius 3 is 2.96 bits per heavy atom. The third-order valence-corrected chi connectivity index (χ3v) is 4.72.